The summed E-state index contributed by atoms with van der Waals surface area (Å²) in [5.41, 5.74) is 0.461. The van der Waals surface area contributed by atoms with Gasteiger partial charge in [0.2, 0.25) is 0 Å². The Morgan fingerprint density at radius 3 is 2.06 bits per heavy atom. The van der Waals surface area contributed by atoms with E-state index in [4.69, 9.17) is 13.9 Å². The Kier molecular flexibility index (Phi) is 7.96. The maximum absolute atomic E-state index is 12.0. The molecule has 1 atom stereocenters. The lowest BCUT2D eigenvalue weighted by atomic mass is 10.1. The van der Waals surface area contributed by atoms with Gasteiger partial charge in [0.25, 0.3) is 0 Å². The Morgan fingerprint density at radius 2 is 1.56 bits per heavy atom. The second kappa shape index (κ2) is 9.76. The van der Waals surface area contributed by atoms with Gasteiger partial charge in [0.05, 0.1) is 11.5 Å². The standard InChI is InChI=1S/C24H34O6SSi/c1-17(16-28-32(7,8)24(3,4)5)29-21-13-19(18(2)25)14-22(15-21)30-20-9-11-23(12-10-20)31(6,26)27/h9-15,17H,16H2,1-8H3/t17-/m0/s1. The van der Waals surface area contributed by atoms with Crippen LogP contribution in [0.3, 0.4) is 0 Å². The first kappa shape index (κ1) is 26.1. The van der Waals surface area contributed by atoms with Gasteiger partial charge in [-0.2, -0.15) is 0 Å². The summed E-state index contributed by atoms with van der Waals surface area (Å²) in [6, 6.07) is 11.1. The molecule has 2 aromatic carbocycles. The van der Waals surface area contributed by atoms with Gasteiger partial charge in [0, 0.05) is 17.9 Å². The van der Waals surface area contributed by atoms with Crippen molar-refractivity contribution in [1.82, 2.24) is 0 Å². The molecular formula is C24H34O6SSi. The number of Topliss-reactive ketones (excluding diaryl/α,β-unsaturated/α-hetero) is 1. The number of sulfone groups is 1. The zero-order chi connectivity index (χ0) is 24.3. The van der Waals surface area contributed by atoms with Crippen molar-refractivity contribution >= 4 is 23.9 Å². The number of ketones is 1. The minimum atomic E-state index is -3.29. The predicted molar refractivity (Wildman–Crippen MR) is 129 cm³/mol. The second-order valence-electron chi connectivity index (χ2n) is 9.59. The molecule has 2 rings (SSSR count). The minimum absolute atomic E-state index is 0.106. The molecule has 0 amide bonds. The normalized spacial score (nSPS) is 13.5. The van der Waals surface area contributed by atoms with Gasteiger partial charge in [-0.25, -0.2) is 8.42 Å². The Balaban J connectivity index is 2.18. The summed E-state index contributed by atoms with van der Waals surface area (Å²) in [6.45, 7) is 14.8. The molecule has 0 radical (unpaired) electrons. The van der Waals surface area contributed by atoms with E-state index in [-0.39, 0.29) is 21.8 Å². The summed E-state index contributed by atoms with van der Waals surface area (Å²) in [5.74, 6) is 1.28. The third kappa shape index (κ3) is 7.18. The minimum Gasteiger partial charge on any atom is -0.488 e. The average molecular weight is 479 g/mol. The van der Waals surface area contributed by atoms with Gasteiger partial charge in [-0.15, -0.1) is 0 Å². The summed E-state index contributed by atoms with van der Waals surface area (Å²) < 4.78 is 41.4. The highest BCUT2D eigenvalue weighted by Gasteiger charge is 2.37. The lowest BCUT2D eigenvalue weighted by molar-refractivity contribution is 0.101. The van der Waals surface area contributed by atoms with Crippen molar-refractivity contribution in [3.05, 3.63) is 48.0 Å². The highest BCUT2D eigenvalue weighted by atomic mass is 32.2. The molecule has 0 saturated carbocycles. The van der Waals surface area contributed by atoms with Crippen LogP contribution in [0.5, 0.6) is 17.2 Å². The number of carbonyl (C=O) groups excluding carboxylic acids is 1. The van der Waals surface area contributed by atoms with E-state index in [1.165, 1.54) is 19.1 Å². The third-order valence-electron chi connectivity index (χ3n) is 5.60. The monoisotopic (exact) mass is 478 g/mol. The van der Waals surface area contributed by atoms with E-state index in [0.717, 1.165) is 6.26 Å². The van der Waals surface area contributed by atoms with E-state index in [0.29, 0.717) is 29.4 Å². The fraction of sp³-hybridized carbons (Fsp3) is 0.458. The van der Waals surface area contributed by atoms with Crippen molar-refractivity contribution < 1.29 is 27.1 Å². The second-order valence-corrected chi connectivity index (χ2v) is 16.4. The van der Waals surface area contributed by atoms with E-state index in [9.17, 15) is 13.2 Å². The van der Waals surface area contributed by atoms with Crippen LogP contribution in [0.2, 0.25) is 18.1 Å². The number of benzene rings is 2. The molecule has 0 unspecified atom stereocenters. The molecule has 6 nitrogen and oxygen atoms in total. The maximum Gasteiger partial charge on any atom is 0.192 e. The fourth-order valence-corrected chi connectivity index (χ4v) is 4.32. The summed E-state index contributed by atoms with van der Waals surface area (Å²) >= 11 is 0. The van der Waals surface area contributed by atoms with Crippen molar-refractivity contribution in [2.75, 3.05) is 12.9 Å². The van der Waals surface area contributed by atoms with Gasteiger partial charge in [-0.1, -0.05) is 20.8 Å². The van der Waals surface area contributed by atoms with Gasteiger partial charge in [0.15, 0.2) is 23.9 Å². The summed E-state index contributed by atoms with van der Waals surface area (Å²) in [7, 11) is -5.18. The molecule has 0 N–H and O–H groups in total. The number of ether oxygens (including phenoxy) is 2. The van der Waals surface area contributed by atoms with Crippen molar-refractivity contribution in [2.24, 2.45) is 0 Å². The van der Waals surface area contributed by atoms with Crippen LogP contribution >= 0.6 is 0 Å². The fourth-order valence-electron chi connectivity index (χ4n) is 2.60. The third-order valence-corrected chi connectivity index (χ3v) is 11.2. The van der Waals surface area contributed by atoms with Crippen LogP contribution in [0.25, 0.3) is 0 Å². The Morgan fingerprint density at radius 1 is 1.00 bits per heavy atom. The van der Waals surface area contributed by atoms with E-state index < -0.39 is 18.2 Å². The van der Waals surface area contributed by atoms with E-state index in [1.54, 1.807) is 30.3 Å². The van der Waals surface area contributed by atoms with Gasteiger partial charge in [0.1, 0.15) is 23.4 Å². The lowest BCUT2D eigenvalue weighted by Gasteiger charge is -2.36. The molecule has 0 fully saturated rings. The molecule has 0 aliphatic rings. The molecule has 0 bridgehead atoms. The molecule has 0 aliphatic heterocycles. The highest BCUT2D eigenvalue weighted by Crippen LogP contribution is 2.36. The van der Waals surface area contributed by atoms with Gasteiger partial charge < -0.3 is 13.9 Å². The molecule has 176 valence electrons. The van der Waals surface area contributed by atoms with Crippen LogP contribution < -0.4 is 9.47 Å². The van der Waals surface area contributed by atoms with E-state index in [2.05, 4.69) is 33.9 Å². The predicted octanol–water partition coefficient (Wildman–Crippen LogP) is 5.87. The highest BCUT2D eigenvalue weighted by molar-refractivity contribution is 7.90. The smallest absolute Gasteiger partial charge is 0.192 e. The molecule has 8 heteroatoms. The topological polar surface area (TPSA) is 78.9 Å². The number of hydrogen-bond acceptors (Lipinski definition) is 6. The van der Waals surface area contributed by atoms with Crippen LogP contribution in [0, 0.1) is 0 Å². The van der Waals surface area contributed by atoms with Crippen LogP contribution in [0.4, 0.5) is 0 Å². The molecule has 2 aromatic rings. The molecule has 0 heterocycles. The van der Waals surface area contributed by atoms with E-state index in [1.807, 2.05) is 6.92 Å². The van der Waals surface area contributed by atoms with Crippen molar-refractivity contribution in [2.45, 2.75) is 63.8 Å². The largest absolute Gasteiger partial charge is 0.488 e. The zero-order valence-electron chi connectivity index (χ0n) is 20.2. The number of hydrogen-bond donors (Lipinski definition) is 0. The van der Waals surface area contributed by atoms with Crippen LogP contribution in [-0.2, 0) is 14.3 Å². The zero-order valence-corrected chi connectivity index (χ0v) is 22.0. The van der Waals surface area contributed by atoms with Crippen molar-refractivity contribution in [3.8, 4) is 17.2 Å². The Labute approximate surface area is 192 Å². The van der Waals surface area contributed by atoms with Gasteiger partial charge >= 0.3 is 0 Å². The Hall–Kier alpha value is -2.16. The maximum atomic E-state index is 12.0. The van der Waals surface area contributed by atoms with Gasteiger partial charge in [-0.3, -0.25) is 4.79 Å². The van der Waals surface area contributed by atoms with Crippen molar-refractivity contribution in [1.29, 1.82) is 0 Å². The first-order valence-corrected chi connectivity index (χ1v) is 15.3. The number of rotatable bonds is 9. The molecule has 0 saturated heterocycles. The van der Waals surface area contributed by atoms with E-state index >= 15 is 0 Å². The van der Waals surface area contributed by atoms with Crippen molar-refractivity contribution in [3.63, 3.8) is 0 Å². The molecule has 0 aliphatic carbocycles. The lowest BCUT2D eigenvalue weighted by Crippen LogP contribution is -2.43. The first-order chi connectivity index (χ1) is 14.6. The van der Waals surface area contributed by atoms with Crippen LogP contribution in [0.1, 0.15) is 45.0 Å². The summed E-state index contributed by atoms with van der Waals surface area (Å²) in [5, 5.41) is 0.106. The molecule has 0 aromatic heterocycles. The molecule has 0 spiro atoms. The Bertz CT molecular complexity index is 1050. The molecular weight excluding hydrogens is 444 g/mol. The van der Waals surface area contributed by atoms with Crippen LogP contribution in [0.15, 0.2) is 47.4 Å². The summed E-state index contributed by atoms with van der Waals surface area (Å²) in [4.78, 5) is 12.2. The number of carbonyl (C=O) groups is 1. The molecule has 32 heavy (non-hydrogen) atoms. The van der Waals surface area contributed by atoms with Crippen LogP contribution in [-0.4, -0.2) is 41.5 Å². The first-order valence-electron chi connectivity index (χ1n) is 10.5. The quantitative estimate of drug-likeness (QED) is 0.331. The average Bonchev–Trinajstić information content (AvgIpc) is 2.65. The van der Waals surface area contributed by atoms with Gasteiger partial charge in [-0.05, 0) is 68.4 Å². The SMILES string of the molecule is CC(=O)c1cc(Oc2ccc(S(C)(=O)=O)cc2)cc(O[C@@H](C)CO[Si](C)(C)C(C)(C)C)c1. The summed E-state index contributed by atoms with van der Waals surface area (Å²) in [6.07, 6.45) is 0.937.